The van der Waals surface area contributed by atoms with Crippen molar-refractivity contribution in [3.63, 3.8) is 0 Å². The molecule has 4 rings (SSSR count). The third-order valence-corrected chi connectivity index (χ3v) is 6.36. The fourth-order valence-electron chi connectivity index (χ4n) is 4.81. The highest BCUT2D eigenvalue weighted by molar-refractivity contribution is 5.97. The monoisotopic (exact) mass is 372 g/mol. The quantitative estimate of drug-likeness (QED) is 0.885. The van der Waals surface area contributed by atoms with E-state index in [1.807, 2.05) is 9.47 Å². The van der Waals surface area contributed by atoms with Gasteiger partial charge in [0, 0.05) is 25.7 Å². The van der Waals surface area contributed by atoms with Crippen molar-refractivity contribution >= 4 is 11.8 Å². The summed E-state index contributed by atoms with van der Waals surface area (Å²) in [4.78, 5) is 32.7. The standard InChI is InChI=1S/C21H32N4O2/c26-20(22-16-10-4-3-5-11-16)19-23-18(17-12-6-9-15-25(17)19)21(27)24-13-7-1-2-8-14-24/h16H,1-15H2,(H,22,26). The smallest absolute Gasteiger partial charge is 0.287 e. The lowest BCUT2D eigenvalue weighted by molar-refractivity contribution is 0.0754. The van der Waals surface area contributed by atoms with Crippen molar-refractivity contribution in [2.45, 2.75) is 89.6 Å². The van der Waals surface area contributed by atoms with Crippen molar-refractivity contribution in [1.29, 1.82) is 0 Å². The summed E-state index contributed by atoms with van der Waals surface area (Å²) in [5.74, 6) is 0.382. The summed E-state index contributed by atoms with van der Waals surface area (Å²) in [5.41, 5.74) is 1.51. The molecule has 1 saturated heterocycles. The van der Waals surface area contributed by atoms with Gasteiger partial charge in [0.2, 0.25) is 0 Å². The van der Waals surface area contributed by atoms with E-state index in [0.29, 0.717) is 11.5 Å². The van der Waals surface area contributed by atoms with E-state index in [0.717, 1.165) is 70.3 Å². The van der Waals surface area contributed by atoms with Gasteiger partial charge in [0.15, 0.2) is 5.82 Å². The van der Waals surface area contributed by atoms with Gasteiger partial charge in [-0.2, -0.15) is 0 Å². The number of likely N-dealkylation sites (tertiary alicyclic amines) is 1. The third kappa shape index (κ3) is 4.04. The number of nitrogens with one attached hydrogen (secondary N) is 1. The molecule has 0 aromatic carbocycles. The minimum Gasteiger partial charge on any atom is -0.347 e. The van der Waals surface area contributed by atoms with Gasteiger partial charge < -0.3 is 14.8 Å². The van der Waals surface area contributed by atoms with Gasteiger partial charge in [-0.3, -0.25) is 9.59 Å². The molecule has 0 unspecified atom stereocenters. The molecule has 0 atom stereocenters. The molecule has 3 aliphatic rings. The van der Waals surface area contributed by atoms with Crippen LogP contribution in [0.5, 0.6) is 0 Å². The molecular weight excluding hydrogens is 340 g/mol. The summed E-state index contributed by atoms with van der Waals surface area (Å²) in [6.45, 7) is 2.42. The second-order valence-corrected chi connectivity index (χ2v) is 8.35. The van der Waals surface area contributed by atoms with Crippen LogP contribution in [0.1, 0.15) is 97.4 Å². The minimum absolute atomic E-state index is 0.0271. The number of amides is 2. The number of aromatic nitrogens is 2. The molecule has 2 fully saturated rings. The summed E-state index contributed by atoms with van der Waals surface area (Å²) in [5, 5.41) is 3.18. The van der Waals surface area contributed by atoms with Crippen molar-refractivity contribution in [3.05, 3.63) is 17.2 Å². The molecule has 0 radical (unpaired) electrons. The molecule has 27 heavy (non-hydrogen) atoms. The molecule has 1 saturated carbocycles. The topological polar surface area (TPSA) is 67.2 Å². The van der Waals surface area contributed by atoms with Gasteiger partial charge in [0.1, 0.15) is 5.69 Å². The van der Waals surface area contributed by atoms with E-state index in [4.69, 9.17) is 0 Å². The van der Waals surface area contributed by atoms with Gasteiger partial charge in [-0.1, -0.05) is 32.1 Å². The maximum atomic E-state index is 13.2. The number of nitrogens with zero attached hydrogens (tertiary/aromatic N) is 3. The van der Waals surface area contributed by atoms with Crippen LogP contribution in [0, 0.1) is 0 Å². The highest BCUT2D eigenvalue weighted by Gasteiger charge is 2.30. The Labute approximate surface area is 161 Å². The van der Waals surface area contributed by atoms with Crippen LogP contribution in [0.2, 0.25) is 0 Å². The zero-order valence-corrected chi connectivity index (χ0v) is 16.3. The molecule has 1 aromatic heterocycles. The summed E-state index contributed by atoms with van der Waals surface area (Å²) in [7, 11) is 0. The molecule has 148 valence electrons. The van der Waals surface area contributed by atoms with Crippen LogP contribution >= 0.6 is 0 Å². The molecule has 6 heteroatoms. The molecule has 0 bridgehead atoms. The molecule has 2 amide bonds. The summed E-state index contributed by atoms with van der Waals surface area (Å²) < 4.78 is 2.02. The number of imidazole rings is 1. The Balaban J connectivity index is 1.57. The Kier molecular flexibility index (Phi) is 5.79. The average molecular weight is 373 g/mol. The fourth-order valence-corrected chi connectivity index (χ4v) is 4.81. The van der Waals surface area contributed by atoms with E-state index in [1.165, 1.54) is 32.1 Å². The Bertz CT molecular complexity index is 683. The van der Waals surface area contributed by atoms with Crippen LogP contribution in [0.25, 0.3) is 0 Å². The average Bonchev–Trinajstić information content (AvgIpc) is 2.88. The second kappa shape index (κ2) is 8.44. The molecule has 1 aliphatic carbocycles. The van der Waals surface area contributed by atoms with Crippen LogP contribution in [-0.4, -0.2) is 45.4 Å². The van der Waals surface area contributed by atoms with Crippen molar-refractivity contribution < 1.29 is 9.59 Å². The first-order valence-corrected chi connectivity index (χ1v) is 10.9. The number of carbonyl (C=O) groups excluding carboxylic acids is 2. The van der Waals surface area contributed by atoms with Gasteiger partial charge in [0.25, 0.3) is 11.8 Å². The first-order chi connectivity index (χ1) is 13.2. The van der Waals surface area contributed by atoms with Gasteiger partial charge in [0.05, 0.1) is 5.69 Å². The number of hydrogen-bond acceptors (Lipinski definition) is 3. The number of carbonyl (C=O) groups is 2. The molecule has 0 spiro atoms. The largest absolute Gasteiger partial charge is 0.347 e. The zero-order chi connectivity index (χ0) is 18.6. The zero-order valence-electron chi connectivity index (χ0n) is 16.3. The summed E-state index contributed by atoms with van der Waals surface area (Å²) >= 11 is 0. The van der Waals surface area contributed by atoms with Crippen LogP contribution in [0.15, 0.2) is 0 Å². The van der Waals surface area contributed by atoms with E-state index >= 15 is 0 Å². The number of hydrogen-bond donors (Lipinski definition) is 1. The molecule has 3 heterocycles. The van der Waals surface area contributed by atoms with E-state index < -0.39 is 0 Å². The Morgan fingerprint density at radius 1 is 0.852 bits per heavy atom. The lowest BCUT2D eigenvalue weighted by Crippen LogP contribution is -2.37. The Morgan fingerprint density at radius 2 is 1.52 bits per heavy atom. The highest BCUT2D eigenvalue weighted by Crippen LogP contribution is 2.24. The molecule has 1 aromatic rings. The van der Waals surface area contributed by atoms with Crippen molar-refractivity contribution in [3.8, 4) is 0 Å². The fraction of sp³-hybridized carbons (Fsp3) is 0.762. The Hall–Kier alpha value is -1.85. The third-order valence-electron chi connectivity index (χ3n) is 6.36. The van der Waals surface area contributed by atoms with Crippen LogP contribution in [0.3, 0.4) is 0 Å². The molecule has 1 N–H and O–H groups in total. The highest BCUT2D eigenvalue weighted by atomic mass is 16.2. The van der Waals surface area contributed by atoms with E-state index in [9.17, 15) is 9.59 Å². The molecule has 2 aliphatic heterocycles. The predicted octanol–water partition coefficient (Wildman–Crippen LogP) is 3.30. The maximum Gasteiger partial charge on any atom is 0.287 e. The SMILES string of the molecule is O=C(NC1CCCCC1)c1nc(C(=O)N2CCCCCC2)c2n1CCCC2. The van der Waals surface area contributed by atoms with Gasteiger partial charge >= 0.3 is 0 Å². The van der Waals surface area contributed by atoms with Crippen molar-refractivity contribution in [2.75, 3.05) is 13.1 Å². The van der Waals surface area contributed by atoms with Crippen molar-refractivity contribution in [2.24, 2.45) is 0 Å². The van der Waals surface area contributed by atoms with Gasteiger partial charge in [-0.25, -0.2) is 4.98 Å². The normalized spacial score (nSPS) is 21.4. The first kappa shape index (κ1) is 18.5. The molecular formula is C21H32N4O2. The van der Waals surface area contributed by atoms with Crippen LogP contribution in [0.4, 0.5) is 0 Å². The predicted molar refractivity (Wildman–Crippen MR) is 104 cm³/mol. The van der Waals surface area contributed by atoms with Crippen molar-refractivity contribution in [1.82, 2.24) is 19.8 Å². The van der Waals surface area contributed by atoms with Gasteiger partial charge in [-0.05, 0) is 44.9 Å². The second-order valence-electron chi connectivity index (χ2n) is 8.35. The van der Waals surface area contributed by atoms with Gasteiger partial charge in [-0.15, -0.1) is 0 Å². The molecule has 6 nitrogen and oxygen atoms in total. The number of rotatable bonds is 3. The minimum atomic E-state index is -0.0973. The summed E-state index contributed by atoms with van der Waals surface area (Å²) in [6, 6.07) is 0.257. The first-order valence-electron chi connectivity index (χ1n) is 10.9. The van der Waals surface area contributed by atoms with Crippen LogP contribution < -0.4 is 5.32 Å². The number of fused-ring (bicyclic) bond motifs is 1. The summed E-state index contributed by atoms with van der Waals surface area (Å²) in [6.07, 6.45) is 13.2. The Morgan fingerprint density at radius 3 is 2.26 bits per heavy atom. The lowest BCUT2D eigenvalue weighted by atomic mass is 9.95. The van der Waals surface area contributed by atoms with Crippen LogP contribution in [-0.2, 0) is 13.0 Å². The van der Waals surface area contributed by atoms with E-state index in [1.54, 1.807) is 0 Å². The lowest BCUT2D eigenvalue weighted by Gasteiger charge is -2.23. The maximum absolute atomic E-state index is 13.2. The van der Waals surface area contributed by atoms with E-state index in [2.05, 4.69) is 10.3 Å². The van der Waals surface area contributed by atoms with E-state index in [-0.39, 0.29) is 17.9 Å².